The molecule has 23 heavy (non-hydrogen) atoms. The molecule has 1 aromatic carbocycles. The molecule has 1 amide bonds. The second-order valence-corrected chi connectivity index (χ2v) is 6.21. The van der Waals surface area contributed by atoms with Crippen molar-refractivity contribution >= 4 is 36.4 Å². The number of carbonyl (C=O) groups is 1. The zero-order valence-corrected chi connectivity index (χ0v) is 15.1. The van der Waals surface area contributed by atoms with E-state index >= 15 is 0 Å². The van der Waals surface area contributed by atoms with E-state index < -0.39 is 0 Å². The van der Waals surface area contributed by atoms with Gasteiger partial charge in [-0.05, 0) is 24.7 Å². The van der Waals surface area contributed by atoms with Crippen LogP contribution < -0.4 is 10.6 Å². The molecule has 2 saturated heterocycles. The third-order valence-corrected chi connectivity index (χ3v) is 4.41. The summed E-state index contributed by atoms with van der Waals surface area (Å²) in [6.07, 6.45) is 0.461. The number of amides is 1. The Labute approximate surface area is 150 Å². The summed E-state index contributed by atoms with van der Waals surface area (Å²) in [5.74, 6) is 0.134. The molecule has 0 saturated carbocycles. The molecule has 5 nitrogen and oxygen atoms in total. The standard InChI is InChI=1S/C16H24N4O.2ClH/c1-18-6-8-19(9-7-18)11-13-2-4-15(5-3-13)20-12-14(17)10-16(20)21;;/h2-5,14H,6-12,17H2,1H3;2*1H/t14-;;/m0../s1. The van der Waals surface area contributed by atoms with Crippen molar-refractivity contribution < 1.29 is 4.79 Å². The molecule has 2 aliphatic rings. The highest BCUT2D eigenvalue weighted by molar-refractivity contribution is 5.96. The van der Waals surface area contributed by atoms with Crippen LogP contribution in [0.15, 0.2) is 24.3 Å². The Hall–Kier alpha value is -0.850. The van der Waals surface area contributed by atoms with E-state index in [9.17, 15) is 4.79 Å². The molecular formula is C16H26Cl2N4O. The lowest BCUT2D eigenvalue weighted by Gasteiger charge is -2.32. The fraction of sp³-hybridized carbons (Fsp3) is 0.562. The van der Waals surface area contributed by atoms with Gasteiger partial charge in [-0.15, -0.1) is 24.8 Å². The normalized spacial score (nSPS) is 22.6. The molecule has 1 aromatic rings. The number of hydrogen-bond donors (Lipinski definition) is 1. The molecule has 1 atom stereocenters. The van der Waals surface area contributed by atoms with Crippen LogP contribution in [0.1, 0.15) is 12.0 Å². The lowest BCUT2D eigenvalue weighted by molar-refractivity contribution is -0.117. The van der Waals surface area contributed by atoms with Gasteiger partial charge in [-0.25, -0.2) is 0 Å². The van der Waals surface area contributed by atoms with E-state index in [2.05, 4.69) is 29.0 Å². The Morgan fingerprint density at radius 2 is 1.70 bits per heavy atom. The Balaban J connectivity index is 0.00000132. The summed E-state index contributed by atoms with van der Waals surface area (Å²) in [5, 5.41) is 0. The van der Waals surface area contributed by atoms with Crippen LogP contribution in [-0.2, 0) is 11.3 Å². The van der Waals surface area contributed by atoms with Gasteiger partial charge in [-0.1, -0.05) is 12.1 Å². The first-order chi connectivity index (χ1) is 10.1. The molecule has 0 aliphatic carbocycles. The summed E-state index contributed by atoms with van der Waals surface area (Å²) < 4.78 is 0. The smallest absolute Gasteiger partial charge is 0.228 e. The summed E-state index contributed by atoms with van der Waals surface area (Å²) in [7, 11) is 2.17. The number of nitrogens with zero attached hydrogens (tertiary/aromatic N) is 3. The van der Waals surface area contributed by atoms with Gasteiger partial charge in [0.2, 0.25) is 5.91 Å². The molecule has 2 aliphatic heterocycles. The van der Waals surface area contributed by atoms with Crippen molar-refractivity contribution in [2.45, 2.75) is 19.0 Å². The highest BCUT2D eigenvalue weighted by Gasteiger charge is 2.27. The zero-order chi connectivity index (χ0) is 14.8. The third-order valence-electron chi connectivity index (χ3n) is 4.41. The Kier molecular flexibility index (Phi) is 7.77. The van der Waals surface area contributed by atoms with Crippen LogP contribution in [0.4, 0.5) is 5.69 Å². The number of anilines is 1. The van der Waals surface area contributed by atoms with Crippen LogP contribution in [-0.4, -0.2) is 61.5 Å². The Morgan fingerprint density at radius 3 is 2.22 bits per heavy atom. The van der Waals surface area contributed by atoms with Gasteiger partial charge in [-0.3, -0.25) is 9.69 Å². The van der Waals surface area contributed by atoms with Crippen molar-refractivity contribution in [3.8, 4) is 0 Å². The molecule has 2 heterocycles. The molecule has 0 unspecified atom stereocenters. The van der Waals surface area contributed by atoms with E-state index in [4.69, 9.17) is 5.73 Å². The van der Waals surface area contributed by atoms with E-state index in [1.54, 1.807) is 4.90 Å². The first kappa shape index (κ1) is 20.2. The maximum Gasteiger partial charge on any atom is 0.228 e. The van der Waals surface area contributed by atoms with Crippen LogP contribution >= 0.6 is 24.8 Å². The number of halogens is 2. The van der Waals surface area contributed by atoms with Crippen LogP contribution in [0.25, 0.3) is 0 Å². The molecule has 3 rings (SSSR count). The van der Waals surface area contributed by atoms with Gasteiger partial charge in [0.05, 0.1) is 0 Å². The minimum Gasteiger partial charge on any atom is -0.326 e. The maximum atomic E-state index is 11.9. The average Bonchev–Trinajstić information content (AvgIpc) is 2.81. The number of benzene rings is 1. The molecule has 2 N–H and O–H groups in total. The molecule has 0 spiro atoms. The molecule has 0 radical (unpaired) electrons. The predicted octanol–water partition coefficient (Wildman–Crippen LogP) is 1.34. The third kappa shape index (κ3) is 5.06. The lowest BCUT2D eigenvalue weighted by Crippen LogP contribution is -2.43. The van der Waals surface area contributed by atoms with E-state index in [1.165, 1.54) is 5.56 Å². The van der Waals surface area contributed by atoms with Gasteiger partial charge < -0.3 is 15.5 Å². The van der Waals surface area contributed by atoms with Gasteiger partial charge in [0.1, 0.15) is 0 Å². The number of rotatable bonds is 3. The van der Waals surface area contributed by atoms with Gasteiger partial charge in [0.15, 0.2) is 0 Å². The fourth-order valence-electron chi connectivity index (χ4n) is 3.03. The zero-order valence-electron chi connectivity index (χ0n) is 13.5. The molecule has 7 heteroatoms. The van der Waals surface area contributed by atoms with Crippen LogP contribution in [0.5, 0.6) is 0 Å². The summed E-state index contributed by atoms with van der Waals surface area (Å²) in [4.78, 5) is 18.5. The lowest BCUT2D eigenvalue weighted by atomic mass is 10.1. The summed E-state index contributed by atoms with van der Waals surface area (Å²) >= 11 is 0. The van der Waals surface area contributed by atoms with E-state index in [1.807, 2.05) is 12.1 Å². The SMILES string of the molecule is CN1CCN(Cc2ccc(N3C[C@@H](N)CC3=O)cc2)CC1.Cl.Cl. The number of piperazine rings is 1. The first-order valence-electron chi connectivity index (χ1n) is 7.67. The van der Waals surface area contributed by atoms with E-state index in [0.29, 0.717) is 13.0 Å². The predicted molar refractivity (Wildman–Crippen MR) is 98.7 cm³/mol. The monoisotopic (exact) mass is 360 g/mol. The molecule has 130 valence electrons. The van der Waals surface area contributed by atoms with Gasteiger partial charge in [0.25, 0.3) is 0 Å². The highest BCUT2D eigenvalue weighted by Crippen LogP contribution is 2.21. The van der Waals surface area contributed by atoms with Crippen LogP contribution in [0.3, 0.4) is 0 Å². The maximum absolute atomic E-state index is 11.9. The summed E-state index contributed by atoms with van der Waals surface area (Å²) in [6, 6.07) is 8.32. The summed E-state index contributed by atoms with van der Waals surface area (Å²) in [5.41, 5.74) is 8.12. The van der Waals surface area contributed by atoms with Crippen molar-refractivity contribution in [3.05, 3.63) is 29.8 Å². The minimum atomic E-state index is -0.0254. The Morgan fingerprint density at radius 1 is 1.09 bits per heavy atom. The van der Waals surface area contributed by atoms with Crippen molar-refractivity contribution in [2.75, 3.05) is 44.7 Å². The topological polar surface area (TPSA) is 52.8 Å². The number of carbonyl (C=O) groups excluding carboxylic acids is 1. The second kappa shape index (κ2) is 8.85. The Bertz CT molecular complexity index is 503. The van der Waals surface area contributed by atoms with Gasteiger partial charge in [0, 0.05) is 57.4 Å². The highest BCUT2D eigenvalue weighted by atomic mass is 35.5. The average molecular weight is 361 g/mol. The van der Waals surface area contributed by atoms with Crippen molar-refractivity contribution in [1.29, 1.82) is 0 Å². The molecule has 2 fully saturated rings. The number of hydrogen-bond acceptors (Lipinski definition) is 4. The fourth-order valence-corrected chi connectivity index (χ4v) is 3.03. The van der Waals surface area contributed by atoms with Crippen LogP contribution in [0, 0.1) is 0 Å². The minimum absolute atomic E-state index is 0. The molecule has 0 aromatic heterocycles. The second-order valence-electron chi connectivity index (χ2n) is 6.21. The van der Waals surface area contributed by atoms with Gasteiger partial charge >= 0.3 is 0 Å². The van der Waals surface area contributed by atoms with E-state index in [0.717, 1.165) is 38.4 Å². The van der Waals surface area contributed by atoms with Crippen molar-refractivity contribution in [3.63, 3.8) is 0 Å². The van der Waals surface area contributed by atoms with Crippen LogP contribution in [0.2, 0.25) is 0 Å². The van der Waals surface area contributed by atoms with Crippen molar-refractivity contribution in [1.82, 2.24) is 9.80 Å². The molecular weight excluding hydrogens is 335 g/mol. The van der Waals surface area contributed by atoms with Crippen molar-refractivity contribution in [2.24, 2.45) is 5.73 Å². The van der Waals surface area contributed by atoms with Gasteiger partial charge in [-0.2, -0.15) is 0 Å². The largest absolute Gasteiger partial charge is 0.326 e. The summed E-state index contributed by atoms with van der Waals surface area (Å²) in [6.45, 7) is 6.14. The number of nitrogens with two attached hydrogens (primary N) is 1. The van der Waals surface area contributed by atoms with E-state index in [-0.39, 0.29) is 36.8 Å². The molecule has 0 bridgehead atoms. The quantitative estimate of drug-likeness (QED) is 0.883. The number of likely N-dealkylation sites (N-methyl/N-ethyl adjacent to an activating group) is 1. The first-order valence-corrected chi connectivity index (χ1v) is 7.67.